The monoisotopic (exact) mass is 486 g/mol. The molecule has 1 N–H and O–H groups in total. The van der Waals surface area contributed by atoms with E-state index >= 15 is 0 Å². The lowest BCUT2D eigenvalue weighted by molar-refractivity contribution is -0.0951. The molecule has 0 saturated carbocycles. The fourth-order valence-electron chi connectivity index (χ4n) is 6.44. The van der Waals surface area contributed by atoms with Crippen molar-refractivity contribution in [1.29, 1.82) is 0 Å². The predicted molar refractivity (Wildman–Crippen MR) is 153 cm³/mol. The number of hydrogen-bond donors (Lipinski definition) is 1. The SMILES string of the molecule is Cc1c(C)c2c(c(C)c1O)C(C)(C)C(C)(C)[C@](C)(CCC[C@H](C)CCC[C@@H](C)CCCC(C)C)O2. The zero-order chi connectivity index (χ0) is 26.8. The van der Waals surface area contributed by atoms with Gasteiger partial charge in [-0.15, -0.1) is 0 Å². The second kappa shape index (κ2) is 11.5. The Balaban J connectivity index is 2.00. The molecule has 1 aromatic carbocycles. The minimum atomic E-state index is -0.241. The van der Waals surface area contributed by atoms with Crippen LogP contribution in [0.1, 0.15) is 142 Å². The van der Waals surface area contributed by atoms with Crippen LogP contribution < -0.4 is 4.74 Å². The van der Waals surface area contributed by atoms with Gasteiger partial charge in [-0.05, 0) is 75.0 Å². The number of phenols is 1. The smallest absolute Gasteiger partial charge is 0.127 e. The molecule has 1 aliphatic rings. The molecule has 0 amide bonds. The van der Waals surface area contributed by atoms with E-state index in [4.69, 9.17) is 4.74 Å². The Labute approximate surface area is 218 Å². The summed E-state index contributed by atoms with van der Waals surface area (Å²) < 4.78 is 6.96. The lowest BCUT2D eigenvalue weighted by Crippen LogP contribution is -2.59. The minimum absolute atomic E-state index is 0.0689. The molecule has 0 saturated heterocycles. The summed E-state index contributed by atoms with van der Waals surface area (Å²) in [6.07, 6.45) is 11.8. The average Bonchev–Trinajstić information content (AvgIpc) is 2.74. The van der Waals surface area contributed by atoms with Crippen molar-refractivity contribution in [3.05, 3.63) is 22.3 Å². The zero-order valence-corrected chi connectivity index (χ0v) is 25.5. The molecule has 0 aliphatic carbocycles. The largest absolute Gasteiger partial charge is 0.507 e. The lowest BCUT2D eigenvalue weighted by Gasteiger charge is -2.58. The third kappa shape index (κ3) is 6.22. The minimum Gasteiger partial charge on any atom is -0.507 e. The maximum absolute atomic E-state index is 10.8. The summed E-state index contributed by atoms with van der Waals surface area (Å²) in [5.41, 5.74) is 3.80. The van der Waals surface area contributed by atoms with E-state index in [-0.39, 0.29) is 16.4 Å². The molecule has 2 rings (SSSR count). The first kappa shape index (κ1) is 30.0. The molecule has 35 heavy (non-hydrogen) atoms. The molecule has 1 aliphatic heterocycles. The lowest BCUT2D eigenvalue weighted by atomic mass is 9.53. The fourth-order valence-corrected chi connectivity index (χ4v) is 6.44. The maximum atomic E-state index is 10.8. The molecular weight excluding hydrogens is 428 g/mol. The van der Waals surface area contributed by atoms with Crippen molar-refractivity contribution in [3.8, 4) is 11.5 Å². The van der Waals surface area contributed by atoms with Crippen molar-refractivity contribution < 1.29 is 9.84 Å². The van der Waals surface area contributed by atoms with Gasteiger partial charge in [0.25, 0.3) is 0 Å². The van der Waals surface area contributed by atoms with Crippen molar-refractivity contribution in [1.82, 2.24) is 0 Å². The van der Waals surface area contributed by atoms with E-state index in [1.165, 1.54) is 56.9 Å². The highest BCUT2D eigenvalue weighted by atomic mass is 16.5. The van der Waals surface area contributed by atoms with Crippen LogP contribution in [0.4, 0.5) is 0 Å². The van der Waals surface area contributed by atoms with Crippen LogP contribution in [0.15, 0.2) is 0 Å². The summed E-state index contributed by atoms with van der Waals surface area (Å²) in [7, 11) is 0. The molecule has 2 heteroatoms. The second-order valence-corrected chi connectivity index (χ2v) is 13.9. The van der Waals surface area contributed by atoms with E-state index in [0.717, 1.165) is 46.6 Å². The maximum Gasteiger partial charge on any atom is 0.127 e. The Hall–Kier alpha value is -1.18. The molecule has 202 valence electrons. The summed E-state index contributed by atoms with van der Waals surface area (Å²) in [4.78, 5) is 0. The molecule has 2 nitrogen and oxygen atoms in total. The second-order valence-electron chi connectivity index (χ2n) is 13.9. The number of phenolic OH excluding ortho intramolecular Hbond substituents is 1. The van der Waals surface area contributed by atoms with Gasteiger partial charge in [0.05, 0.1) is 0 Å². The summed E-state index contributed by atoms with van der Waals surface area (Å²) in [6, 6.07) is 0. The quantitative estimate of drug-likeness (QED) is 0.318. The van der Waals surface area contributed by atoms with Gasteiger partial charge in [0.15, 0.2) is 0 Å². The molecule has 0 unspecified atom stereocenters. The van der Waals surface area contributed by atoms with Gasteiger partial charge in [-0.1, -0.05) is 100 Å². The van der Waals surface area contributed by atoms with Crippen molar-refractivity contribution in [2.45, 2.75) is 152 Å². The van der Waals surface area contributed by atoms with E-state index in [1.807, 2.05) is 6.92 Å². The van der Waals surface area contributed by atoms with E-state index < -0.39 is 0 Å². The molecular formula is C33H58O2. The van der Waals surface area contributed by atoms with Crippen LogP contribution >= 0.6 is 0 Å². The first-order valence-corrected chi connectivity index (χ1v) is 14.6. The van der Waals surface area contributed by atoms with Crippen molar-refractivity contribution in [3.63, 3.8) is 0 Å². The Morgan fingerprint density at radius 1 is 0.686 bits per heavy atom. The highest BCUT2D eigenvalue weighted by Gasteiger charge is 2.57. The summed E-state index contributed by atoms with van der Waals surface area (Å²) in [5.74, 6) is 3.93. The van der Waals surface area contributed by atoms with Gasteiger partial charge in [-0.25, -0.2) is 0 Å². The number of rotatable bonds is 12. The van der Waals surface area contributed by atoms with E-state index in [2.05, 4.69) is 76.2 Å². The number of benzene rings is 1. The van der Waals surface area contributed by atoms with Crippen LogP contribution in [0.5, 0.6) is 11.5 Å². The van der Waals surface area contributed by atoms with E-state index in [1.54, 1.807) is 0 Å². The molecule has 0 spiro atoms. The third-order valence-electron chi connectivity index (χ3n) is 10.3. The zero-order valence-electron chi connectivity index (χ0n) is 25.5. The Kier molecular flexibility index (Phi) is 9.85. The molecule has 0 radical (unpaired) electrons. The highest BCUT2D eigenvalue weighted by molar-refractivity contribution is 5.61. The van der Waals surface area contributed by atoms with Gasteiger partial charge < -0.3 is 9.84 Å². The number of aromatic hydroxyl groups is 1. The van der Waals surface area contributed by atoms with Gasteiger partial charge >= 0.3 is 0 Å². The van der Waals surface area contributed by atoms with Crippen LogP contribution in [0.25, 0.3) is 0 Å². The molecule has 1 aromatic rings. The van der Waals surface area contributed by atoms with Crippen molar-refractivity contribution in [2.75, 3.05) is 0 Å². The Morgan fingerprint density at radius 3 is 1.69 bits per heavy atom. The van der Waals surface area contributed by atoms with Gasteiger partial charge in [-0.2, -0.15) is 0 Å². The summed E-state index contributed by atoms with van der Waals surface area (Å²) >= 11 is 0. The highest BCUT2D eigenvalue weighted by Crippen LogP contribution is 2.60. The van der Waals surface area contributed by atoms with Gasteiger partial charge in [0, 0.05) is 16.4 Å². The normalized spacial score (nSPS) is 22.5. The van der Waals surface area contributed by atoms with E-state index in [0.29, 0.717) is 5.75 Å². The predicted octanol–water partition coefficient (Wildman–Crippen LogP) is 10.2. The molecule has 3 atom stereocenters. The summed E-state index contributed by atoms with van der Waals surface area (Å²) in [5, 5.41) is 10.8. The molecule has 0 aromatic heterocycles. The standard InChI is InChI=1S/C33H58O2/c1-22(2)16-13-17-23(3)18-14-19-24(4)20-15-21-33(12)32(10,11)31(8,9)28-27(7)29(34)25(5)26(6)30(28)35-33/h22-24,34H,13-21H2,1-12H3/t23-,24+,33-/m0/s1. The first-order chi connectivity index (χ1) is 16.1. The van der Waals surface area contributed by atoms with Crippen LogP contribution in [-0.4, -0.2) is 10.7 Å². The number of ether oxygens (including phenoxy) is 1. The van der Waals surface area contributed by atoms with Crippen LogP contribution in [0.3, 0.4) is 0 Å². The topological polar surface area (TPSA) is 29.5 Å². The third-order valence-corrected chi connectivity index (χ3v) is 10.3. The van der Waals surface area contributed by atoms with Crippen LogP contribution in [0.2, 0.25) is 0 Å². The summed E-state index contributed by atoms with van der Waals surface area (Å²) in [6.45, 7) is 27.5. The fraction of sp³-hybridized carbons (Fsp3) is 0.818. The van der Waals surface area contributed by atoms with Crippen molar-refractivity contribution >= 4 is 0 Å². The van der Waals surface area contributed by atoms with Crippen LogP contribution in [0, 0.1) is 43.9 Å². The number of hydrogen-bond acceptors (Lipinski definition) is 2. The number of fused-ring (bicyclic) bond motifs is 1. The van der Waals surface area contributed by atoms with Gasteiger partial charge in [0.1, 0.15) is 17.1 Å². The molecule has 0 fully saturated rings. The van der Waals surface area contributed by atoms with Gasteiger partial charge in [0.2, 0.25) is 0 Å². The Bertz CT molecular complexity index is 847. The average molecular weight is 487 g/mol. The molecule has 0 bridgehead atoms. The Morgan fingerprint density at radius 2 is 1.17 bits per heavy atom. The van der Waals surface area contributed by atoms with Gasteiger partial charge in [-0.3, -0.25) is 0 Å². The van der Waals surface area contributed by atoms with Crippen molar-refractivity contribution in [2.24, 2.45) is 23.2 Å². The molecule has 1 heterocycles. The van der Waals surface area contributed by atoms with Crippen LogP contribution in [-0.2, 0) is 5.41 Å². The van der Waals surface area contributed by atoms with E-state index in [9.17, 15) is 5.11 Å². The first-order valence-electron chi connectivity index (χ1n) is 14.6.